The Kier molecular flexibility index (Phi) is 6.45. The number of hydrogen-bond acceptors (Lipinski definition) is 4. The Balaban J connectivity index is 1.88. The summed E-state index contributed by atoms with van der Waals surface area (Å²) in [4.78, 5) is 4.65. The summed E-state index contributed by atoms with van der Waals surface area (Å²) in [6.07, 6.45) is 2.11. The van der Waals surface area contributed by atoms with Gasteiger partial charge < -0.3 is 14.7 Å². The number of rotatable bonds is 7. The third-order valence-corrected chi connectivity index (χ3v) is 4.11. The lowest BCUT2D eigenvalue weighted by atomic mass is 10.1. The SMILES string of the molecule is CN(Cc1ccccc1N1CCCC1)CC(O)COC(C)(C)C. The molecule has 0 spiro atoms. The molecule has 0 radical (unpaired) electrons. The second kappa shape index (κ2) is 8.13. The maximum atomic E-state index is 10.2. The maximum Gasteiger partial charge on any atom is 0.0900 e. The first kappa shape index (κ1) is 18.2. The fourth-order valence-electron chi connectivity index (χ4n) is 3.03. The topological polar surface area (TPSA) is 35.9 Å². The minimum absolute atomic E-state index is 0.206. The van der Waals surface area contributed by atoms with Gasteiger partial charge >= 0.3 is 0 Å². The lowest BCUT2D eigenvalue weighted by Crippen LogP contribution is -2.35. The van der Waals surface area contributed by atoms with Crippen molar-refractivity contribution in [2.75, 3.05) is 38.2 Å². The second-order valence-corrected chi connectivity index (χ2v) is 7.60. The molecule has 1 aliphatic rings. The number of hydrogen-bond donors (Lipinski definition) is 1. The molecule has 0 aromatic heterocycles. The quantitative estimate of drug-likeness (QED) is 0.838. The first-order chi connectivity index (χ1) is 10.8. The molecule has 23 heavy (non-hydrogen) atoms. The number of likely N-dealkylation sites (N-methyl/N-ethyl adjacent to an activating group) is 1. The number of aliphatic hydroxyl groups excluding tert-OH is 1. The first-order valence-corrected chi connectivity index (χ1v) is 8.68. The van der Waals surface area contributed by atoms with E-state index in [-0.39, 0.29) is 5.60 Å². The van der Waals surface area contributed by atoms with Crippen LogP contribution in [0.3, 0.4) is 0 Å². The van der Waals surface area contributed by atoms with Gasteiger partial charge in [0, 0.05) is 31.9 Å². The molecule has 1 aliphatic heterocycles. The number of para-hydroxylation sites is 1. The zero-order valence-corrected chi connectivity index (χ0v) is 15.1. The molecule has 130 valence electrons. The molecule has 1 fully saturated rings. The van der Waals surface area contributed by atoms with Crippen molar-refractivity contribution in [3.05, 3.63) is 29.8 Å². The second-order valence-electron chi connectivity index (χ2n) is 7.60. The summed E-state index contributed by atoms with van der Waals surface area (Å²) in [7, 11) is 2.06. The van der Waals surface area contributed by atoms with Crippen LogP contribution in [-0.4, -0.2) is 55.0 Å². The average molecular weight is 320 g/mol. The van der Waals surface area contributed by atoms with Crippen LogP contribution >= 0.6 is 0 Å². The molecule has 1 saturated heterocycles. The summed E-state index contributed by atoms with van der Waals surface area (Å²) in [6.45, 7) is 10.2. The summed E-state index contributed by atoms with van der Waals surface area (Å²) < 4.78 is 5.66. The van der Waals surface area contributed by atoms with E-state index in [1.807, 2.05) is 20.8 Å². The Hall–Kier alpha value is -1.10. The van der Waals surface area contributed by atoms with Gasteiger partial charge in [0.25, 0.3) is 0 Å². The molecule has 1 aromatic carbocycles. The fourth-order valence-corrected chi connectivity index (χ4v) is 3.03. The van der Waals surface area contributed by atoms with E-state index in [4.69, 9.17) is 4.74 Å². The summed E-state index contributed by atoms with van der Waals surface area (Å²) in [5.41, 5.74) is 2.47. The lowest BCUT2D eigenvalue weighted by molar-refractivity contribution is -0.0550. The summed E-state index contributed by atoms with van der Waals surface area (Å²) >= 11 is 0. The zero-order valence-electron chi connectivity index (χ0n) is 15.1. The Morgan fingerprint density at radius 2 is 1.87 bits per heavy atom. The van der Waals surface area contributed by atoms with E-state index in [0.29, 0.717) is 13.2 Å². The molecular weight excluding hydrogens is 288 g/mol. The van der Waals surface area contributed by atoms with Gasteiger partial charge in [0.1, 0.15) is 0 Å². The van der Waals surface area contributed by atoms with Gasteiger partial charge in [-0.3, -0.25) is 4.90 Å². The molecule has 0 amide bonds. The van der Waals surface area contributed by atoms with Crippen LogP contribution in [-0.2, 0) is 11.3 Å². The third-order valence-electron chi connectivity index (χ3n) is 4.11. The van der Waals surface area contributed by atoms with Crippen molar-refractivity contribution in [1.29, 1.82) is 0 Å². The molecule has 1 heterocycles. The van der Waals surface area contributed by atoms with Gasteiger partial charge in [0.2, 0.25) is 0 Å². The first-order valence-electron chi connectivity index (χ1n) is 8.68. The van der Waals surface area contributed by atoms with E-state index in [2.05, 4.69) is 41.1 Å². The highest BCUT2D eigenvalue weighted by molar-refractivity contribution is 5.54. The number of anilines is 1. The molecule has 1 N–H and O–H groups in total. The Labute approximate surface area is 141 Å². The summed E-state index contributed by atoms with van der Waals surface area (Å²) in [6, 6.07) is 8.63. The van der Waals surface area contributed by atoms with Crippen LogP contribution < -0.4 is 4.90 Å². The van der Waals surface area contributed by atoms with Gasteiger partial charge in [-0.25, -0.2) is 0 Å². The Bertz CT molecular complexity index is 479. The standard InChI is InChI=1S/C19H32N2O2/c1-19(2,3)23-15-17(22)14-20(4)13-16-9-5-6-10-18(16)21-11-7-8-12-21/h5-6,9-10,17,22H,7-8,11-15H2,1-4H3. The van der Waals surface area contributed by atoms with Gasteiger partial charge in [-0.2, -0.15) is 0 Å². The van der Waals surface area contributed by atoms with E-state index >= 15 is 0 Å². The van der Waals surface area contributed by atoms with Crippen molar-refractivity contribution in [1.82, 2.24) is 4.90 Å². The third kappa shape index (κ3) is 6.13. The highest BCUT2D eigenvalue weighted by Gasteiger charge is 2.18. The highest BCUT2D eigenvalue weighted by atomic mass is 16.5. The fraction of sp³-hybridized carbons (Fsp3) is 0.684. The van der Waals surface area contributed by atoms with Crippen LogP contribution in [0, 0.1) is 0 Å². The predicted octanol–water partition coefficient (Wildman–Crippen LogP) is 2.89. The largest absolute Gasteiger partial charge is 0.389 e. The smallest absolute Gasteiger partial charge is 0.0900 e. The van der Waals surface area contributed by atoms with Gasteiger partial charge in [0.15, 0.2) is 0 Å². The van der Waals surface area contributed by atoms with Crippen molar-refractivity contribution >= 4 is 5.69 Å². The zero-order chi connectivity index (χ0) is 16.9. The predicted molar refractivity (Wildman–Crippen MR) is 95.9 cm³/mol. The minimum atomic E-state index is -0.460. The molecule has 1 aromatic rings. The van der Waals surface area contributed by atoms with E-state index in [0.717, 1.165) is 19.6 Å². The van der Waals surface area contributed by atoms with Crippen molar-refractivity contribution < 1.29 is 9.84 Å². The van der Waals surface area contributed by atoms with Gasteiger partial charge in [-0.15, -0.1) is 0 Å². The van der Waals surface area contributed by atoms with Crippen molar-refractivity contribution in [2.45, 2.75) is 51.9 Å². The van der Waals surface area contributed by atoms with Crippen LogP contribution in [0.1, 0.15) is 39.2 Å². The van der Waals surface area contributed by atoms with E-state index in [9.17, 15) is 5.11 Å². The number of aliphatic hydroxyl groups is 1. The molecule has 0 saturated carbocycles. The number of ether oxygens (including phenoxy) is 1. The average Bonchev–Trinajstić information content (AvgIpc) is 2.99. The van der Waals surface area contributed by atoms with E-state index in [1.165, 1.54) is 24.1 Å². The van der Waals surface area contributed by atoms with Crippen molar-refractivity contribution in [2.24, 2.45) is 0 Å². The number of nitrogens with zero attached hydrogens (tertiary/aromatic N) is 2. The normalized spacial score (nSPS) is 17.0. The van der Waals surface area contributed by atoms with Gasteiger partial charge in [-0.1, -0.05) is 18.2 Å². The Morgan fingerprint density at radius 3 is 2.52 bits per heavy atom. The lowest BCUT2D eigenvalue weighted by Gasteiger charge is -2.27. The molecule has 0 aliphatic carbocycles. The van der Waals surface area contributed by atoms with Crippen LogP contribution in [0.4, 0.5) is 5.69 Å². The van der Waals surface area contributed by atoms with Crippen LogP contribution in [0.15, 0.2) is 24.3 Å². The molecule has 2 rings (SSSR count). The van der Waals surface area contributed by atoms with Gasteiger partial charge in [0.05, 0.1) is 18.3 Å². The molecule has 1 atom stereocenters. The highest BCUT2D eigenvalue weighted by Crippen LogP contribution is 2.25. The maximum absolute atomic E-state index is 10.2. The minimum Gasteiger partial charge on any atom is -0.389 e. The molecular formula is C19H32N2O2. The molecule has 0 bridgehead atoms. The monoisotopic (exact) mass is 320 g/mol. The van der Waals surface area contributed by atoms with Crippen molar-refractivity contribution in [3.8, 4) is 0 Å². The van der Waals surface area contributed by atoms with Crippen molar-refractivity contribution in [3.63, 3.8) is 0 Å². The van der Waals surface area contributed by atoms with Crippen LogP contribution in [0.2, 0.25) is 0 Å². The van der Waals surface area contributed by atoms with E-state index in [1.54, 1.807) is 0 Å². The summed E-state index contributed by atoms with van der Waals surface area (Å²) in [5.74, 6) is 0. The molecule has 1 unspecified atom stereocenters. The summed E-state index contributed by atoms with van der Waals surface area (Å²) in [5, 5.41) is 10.2. The number of benzene rings is 1. The molecule has 4 nitrogen and oxygen atoms in total. The van der Waals surface area contributed by atoms with E-state index < -0.39 is 6.10 Å². The van der Waals surface area contributed by atoms with Crippen LogP contribution in [0.25, 0.3) is 0 Å². The van der Waals surface area contributed by atoms with Gasteiger partial charge in [-0.05, 0) is 52.3 Å². The molecule has 4 heteroatoms. The van der Waals surface area contributed by atoms with Crippen LogP contribution in [0.5, 0.6) is 0 Å². The Morgan fingerprint density at radius 1 is 1.22 bits per heavy atom.